The van der Waals surface area contributed by atoms with E-state index in [4.69, 9.17) is 16.9 Å². The van der Waals surface area contributed by atoms with Crippen LogP contribution in [0.1, 0.15) is 11.1 Å². The predicted octanol–water partition coefficient (Wildman–Crippen LogP) is 3.86. The molecule has 1 N–H and O–H groups in total. The van der Waals surface area contributed by atoms with Crippen LogP contribution in [0.3, 0.4) is 0 Å². The van der Waals surface area contributed by atoms with E-state index >= 15 is 0 Å². The number of nitrogens with zero attached hydrogens (tertiary/aromatic N) is 1. The molecule has 0 radical (unpaired) electrons. The van der Waals surface area contributed by atoms with Crippen molar-refractivity contribution in [1.82, 2.24) is 0 Å². The second-order valence-corrected chi connectivity index (χ2v) is 4.50. The summed E-state index contributed by atoms with van der Waals surface area (Å²) in [5.41, 5.74) is 2.09. The zero-order valence-corrected chi connectivity index (χ0v) is 11.3. The molecule has 4 heteroatoms. The standard InChI is InChI=1S/C16H11ClN2O/c17-14-2-1-3-15(10-14)19-16(20)9-8-12-4-6-13(11-18)7-5-12/h1-10H,(H,19,20)/b9-8+. The third-order valence-corrected chi connectivity index (χ3v) is 2.79. The van der Waals surface area contributed by atoms with Gasteiger partial charge in [0.15, 0.2) is 0 Å². The molecule has 2 aromatic rings. The van der Waals surface area contributed by atoms with Gasteiger partial charge in [0.2, 0.25) is 5.91 Å². The first-order chi connectivity index (χ1) is 9.67. The summed E-state index contributed by atoms with van der Waals surface area (Å²) < 4.78 is 0. The van der Waals surface area contributed by atoms with E-state index in [0.717, 1.165) is 5.56 Å². The molecule has 0 unspecified atom stereocenters. The van der Waals surface area contributed by atoms with Gasteiger partial charge in [-0.2, -0.15) is 5.26 Å². The molecule has 0 saturated carbocycles. The number of benzene rings is 2. The van der Waals surface area contributed by atoms with Gasteiger partial charge in [0.05, 0.1) is 11.6 Å². The van der Waals surface area contributed by atoms with Crippen molar-refractivity contribution in [2.75, 3.05) is 5.32 Å². The lowest BCUT2D eigenvalue weighted by Crippen LogP contribution is -2.07. The summed E-state index contributed by atoms with van der Waals surface area (Å²) in [5.74, 6) is -0.239. The third kappa shape index (κ3) is 3.98. The monoisotopic (exact) mass is 282 g/mol. The molecule has 0 fully saturated rings. The first-order valence-electron chi connectivity index (χ1n) is 5.92. The lowest BCUT2D eigenvalue weighted by Gasteiger charge is -2.02. The van der Waals surface area contributed by atoms with E-state index < -0.39 is 0 Å². The number of rotatable bonds is 3. The summed E-state index contributed by atoms with van der Waals surface area (Å²) in [7, 11) is 0. The Balaban J connectivity index is 2.00. The number of anilines is 1. The normalized spacial score (nSPS) is 10.2. The van der Waals surface area contributed by atoms with E-state index in [2.05, 4.69) is 5.32 Å². The molecule has 0 aromatic heterocycles. The molecule has 0 bridgehead atoms. The number of nitrogens with one attached hydrogen (secondary N) is 1. The minimum atomic E-state index is -0.239. The van der Waals surface area contributed by atoms with Gasteiger partial charge in [0, 0.05) is 16.8 Å². The SMILES string of the molecule is N#Cc1ccc(/C=C/C(=O)Nc2cccc(Cl)c2)cc1. The van der Waals surface area contributed by atoms with Gasteiger partial charge in [-0.1, -0.05) is 29.8 Å². The molecule has 98 valence electrons. The summed E-state index contributed by atoms with van der Waals surface area (Å²) in [6.07, 6.45) is 3.11. The highest BCUT2D eigenvalue weighted by molar-refractivity contribution is 6.30. The number of hydrogen-bond donors (Lipinski definition) is 1. The maximum absolute atomic E-state index is 11.7. The zero-order chi connectivity index (χ0) is 14.4. The summed E-state index contributed by atoms with van der Waals surface area (Å²) in [5, 5.41) is 12.0. The molecule has 0 heterocycles. The van der Waals surface area contributed by atoms with Crippen molar-refractivity contribution in [3.8, 4) is 6.07 Å². The molecule has 0 saturated heterocycles. The fraction of sp³-hybridized carbons (Fsp3) is 0. The summed E-state index contributed by atoms with van der Waals surface area (Å²) >= 11 is 5.83. The summed E-state index contributed by atoms with van der Waals surface area (Å²) in [6, 6.07) is 16.0. The third-order valence-electron chi connectivity index (χ3n) is 2.56. The lowest BCUT2D eigenvalue weighted by atomic mass is 10.1. The van der Waals surface area contributed by atoms with Crippen molar-refractivity contribution >= 4 is 29.3 Å². The predicted molar refractivity (Wildman–Crippen MR) is 80.3 cm³/mol. The van der Waals surface area contributed by atoms with E-state index in [9.17, 15) is 4.79 Å². The number of nitriles is 1. The molecule has 2 aromatic carbocycles. The van der Waals surface area contributed by atoms with E-state index in [1.54, 1.807) is 54.6 Å². The van der Waals surface area contributed by atoms with Crippen molar-refractivity contribution in [2.24, 2.45) is 0 Å². The average Bonchev–Trinajstić information content (AvgIpc) is 2.46. The van der Waals surface area contributed by atoms with Crippen LogP contribution >= 0.6 is 11.6 Å². The number of carbonyl (C=O) groups excluding carboxylic acids is 1. The van der Waals surface area contributed by atoms with Crippen molar-refractivity contribution in [1.29, 1.82) is 5.26 Å². The fourth-order valence-electron chi connectivity index (χ4n) is 1.59. The van der Waals surface area contributed by atoms with Crippen LogP contribution in [0, 0.1) is 11.3 Å². The summed E-state index contributed by atoms with van der Waals surface area (Å²) in [4.78, 5) is 11.7. The van der Waals surface area contributed by atoms with Gasteiger partial charge in [0.25, 0.3) is 0 Å². The van der Waals surface area contributed by atoms with Crippen LogP contribution in [-0.4, -0.2) is 5.91 Å². The van der Waals surface area contributed by atoms with Crippen LogP contribution < -0.4 is 5.32 Å². The van der Waals surface area contributed by atoms with Crippen molar-refractivity contribution < 1.29 is 4.79 Å². The number of amides is 1. The van der Waals surface area contributed by atoms with Gasteiger partial charge in [0.1, 0.15) is 0 Å². The van der Waals surface area contributed by atoms with Gasteiger partial charge in [-0.25, -0.2) is 0 Å². The molecule has 1 amide bonds. The van der Waals surface area contributed by atoms with E-state index in [1.807, 2.05) is 6.07 Å². The Hall–Kier alpha value is -2.57. The number of hydrogen-bond acceptors (Lipinski definition) is 2. The van der Waals surface area contributed by atoms with Crippen LogP contribution in [0.15, 0.2) is 54.6 Å². The molecular weight excluding hydrogens is 272 g/mol. The molecule has 3 nitrogen and oxygen atoms in total. The average molecular weight is 283 g/mol. The molecule has 0 spiro atoms. The Bertz CT molecular complexity index is 684. The van der Waals surface area contributed by atoms with Crippen molar-refractivity contribution in [3.05, 3.63) is 70.8 Å². The highest BCUT2D eigenvalue weighted by atomic mass is 35.5. The Morgan fingerprint density at radius 2 is 1.95 bits per heavy atom. The van der Waals surface area contributed by atoms with Crippen LogP contribution in [0.25, 0.3) is 6.08 Å². The molecule has 2 rings (SSSR count). The zero-order valence-electron chi connectivity index (χ0n) is 10.5. The quantitative estimate of drug-likeness (QED) is 0.869. The number of halogens is 1. The molecule has 0 atom stereocenters. The van der Waals surface area contributed by atoms with Crippen molar-refractivity contribution in [3.63, 3.8) is 0 Å². The Labute approximate surface area is 122 Å². The minimum Gasteiger partial charge on any atom is -0.322 e. The Morgan fingerprint density at radius 1 is 1.20 bits per heavy atom. The lowest BCUT2D eigenvalue weighted by molar-refractivity contribution is -0.111. The molecular formula is C16H11ClN2O. The summed E-state index contributed by atoms with van der Waals surface area (Å²) in [6.45, 7) is 0. The second kappa shape index (κ2) is 6.55. The number of carbonyl (C=O) groups is 1. The van der Waals surface area contributed by atoms with E-state index in [-0.39, 0.29) is 5.91 Å². The van der Waals surface area contributed by atoms with Crippen LogP contribution in [0.2, 0.25) is 5.02 Å². The second-order valence-electron chi connectivity index (χ2n) is 4.07. The molecule has 0 aliphatic heterocycles. The van der Waals surface area contributed by atoms with Crippen LogP contribution in [-0.2, 0) is 4.79 Å². The topological polar surface area (TPSA) is 52.9 Å². The van der Waals surface area contributed by atoms with Gasteiger partial charge in [-0.05, 0) is 42.0 Å². The van der Waals surface area contributed by atoms with Crippen LogP contribution in [0.5, 0.6) is 0 Å². The molecule has 0 aliphatic carbocycles. The molecule has 0 aliphatic rings. The largest absolute Gasteiger partial charge is 0.322 e. The minimum absolute atomic E-state index is 0.239. The van der Waals surface area contributed by atoms with Gasteiger partial charge in [-0.15, -0.1) is 0 Å². The smallest absolute Gasteiger partial charge is 0.248 e. The van der Waals surface area contributed by atoms with Gasteiger partial charge in [-0.3, -0.25) is 4.79 Å². The van der Waals surface area contributed by atoms with E-state index in [0.29, 0.717) is 16.3 Å². The fourth-order valence-corrected chi connectivity index (χ4v) is 1.78. The van der Waals surface area contributed by atoms with Crippen molar-refractivity contribution in [2.45, 2.75) is 0 Å². The van der Waals surface area contributed by atoms with E-state index in [1.165, 1.54) is 6.08 Å². The maximum atomic E-state index is 11.7. The maximum Gasteiger partial charge on any atom is 0.248 e. The highest BCUT2D eigenvalue weighted by Gasteiger charge is 1.98. The first kappa shape index (κ1) is 13.9. The van der Waals surface area contributed by atoms with Crippen LogP contribution in [0.4, 0.5) is 5.69 Å². The van der Waals surface area contributed by atoms with Gasteiger partial charge >= 0.3 is 0 Å². The Morgan fingerprint density at radius 3 is 2.60 bits per heavy atom. The highest BCUT2D eigenvalue weighted by Crippen LogP contribution is 2.15. The van der Waals surface area contributed by atoms with Gasteiger partial charge < -0.3 is 5.32 Å². The molecule has 20 heavy (non-hydrogen) atoms. The Kier molecular flexibility index (Phi) is 4.54. The first-order valence-corrected chi connectivity index (χ1v) is 6.30.